The Labute approximate surface area is 102 Å². The van der Waals surface area contributed by atoms with Gasteiger partial charge in [-0.2, -0.15) is 0 Å². The second-order valence-electron chi connectivity index (χ2n) is 4.71. The van der Waals surface area contributed by atoms with Crippen LogP contribution in [0.15, 0.2) is 29.4 Å². The number of rotatable bonds is 4. The Kier molecular flexibility index (Phi) is 3.64. The number of fused-ring (bicyclic) bond motifs is 1. The zero-order chi connectivity index (χ0) is 12.3. The minimum atomic E-state index is 0.0590. The number of oxime groups is 1. The third kappa shape index (κ3) is 2.77. The summed E-state index contributed by atoms with van der Waals surface area (Å²) in [5, 5.41) is 15.1. The lowest BCUT2D eigenvalue weighted by Crippen LogP contribution is -2.37. The molecule has 0 heterocycles. The van der Waals surface area contributed by atoms with Crippen molar-refractivity contribution in [2.45, 2.75) is 25.8 Å². The summed E-state index contributed by atoms with van der Waals surface area (Å²) in [7, 11) is 0. The fourth-order valence-corrected chi connectivity index (χ4v) is 2.25. The molecule has 0 amide bonds. The molecule has 2 rings (SSSR count). The molecule has 0 saturated carbocycles. The van der Waals surface area contributed by atoms with E-state index in [-0.39, 0.29) is 11.8 Å². The predicted octanol–water partition coefficient (Wildman–Crippen LogP) is 1.13. The van der Waals surface area contributed by atoms with Gasteiger partial charge in [0.15, 0.2) is 0 Å². The lowest BCUT2D eigenvalue weighted by atomic mass is 10.1. The molecule has 4 heteroatoms. The van der Waals surface area contributed by atoms with Gasteiger partial charge in [0.05, 0.1) is 0 Å². The molecule has 1 aliphatic rings. The molecule has 1 aromatic carbocycles. The molecule has 0 aliphatic heterocycles. The molecule has 92 valence electrons. The second kappa shape index (κ2) is 5.19. The zero-order valence-corrected chi connectivity index (χ0v) is 10.1. The van der Waals surface area contributed by atoms with Crippen molar-refractivity contribution in [2.75, 3.05) is 6.54 Å². The van der Waals surface area contributed by atoms with E-state index in [2.05, 4.69) is 34.7 Å². The van der Waals surface area contributed by atoms with E-state index in [4.69, 9.17) is 10.9 Å². The fourth-order valence-electron chi connectivity index (χ4n) is 2.25. The van der Waals surface area contributed by atoms with Crippen LogP contribution in [0.4, 0.5) is 0 Å². The highest BCUT2D eigenvalue weighted by molar-refractivity contribution is 5.82. The van der Waals surface area contributed by atoms with Crippen LogP contribution in [0.3, 0.4) is 0 Å². The molecule has 0 radical (unpaired) electrons. The molecule has 1 unspecified atom stereocenters. The number of nitrogens with two attached hydrogens (primary N) is 1. The minimum absolute atomic E-state index is 0.0590. The molecule has 0 bridgehead atoms. The van der Waals surface area contributed by atoms with E-state index in [1.807, 2.05) is 6.92 Å². The Morgan fingerprint density at radius 3 is 2.59 bits per heavy atom. The quantitative estimate of drug-likeness (QED) is 0.316. The highest BCUT2D eigenvalue weighted by Crippen LogP contribution is 2.21. The van der Waals surface area contributed by atoms with Crippen molar-refractivity contribution in [3.05, 3.63) is 35.4 Å². The Balaban J connectivity index is 1.84. The first-order valence-electron chi connectivity index (χ1n) is 5.98. The topological polar surface area (TPSA) is 70.6 Å². The SMILES string of the molecule is CC(CNC1Cc2ccccc2C1)/C(N)=N/O. The van der Waals surface area contributed by atoms with Crippen LogP contribution in [0.1, 0.15) is 18.1 Å². The van der Waals surface area contributed by atoms with Gasteiger partial charge < -0.3 is 16.3 Å². The summed E-state index contributed by atoms with van der Waals surface area (Å²) in [5.41, 5.74) is 8.41. The van der Waals surface area contributed by atoms with Gasteiger partial charge in [0, 0.05) is 18.5 Å². The second-order valence-corrected chi connectivity index (χ2v) is 4.71. The fraction of sp³-hybridized carbons (Fsp3) is 0.462. The van der Waals surface area contributed by atoms with Crippen molar-refractivity contribution < 1.29 is 5.21 Å². The molecule has 4 nitrogen and oxygen atoms in total. The Hall–Kier alpha value is -1.55. The van der Waals surface area contributed by atoms with Crippen LogP contribution < -0.4 is 11.1 Å². The van der Waals surface area contributed by atoms with Crippen molar-refractivity contribution in [2.24, 2.45) is 16.8 Å². The lowest BCUT2D eigenvalue weighted by molar-refractivity contribution is 0.313. The number of hydrogen-bond donors (Lipinski definition) is 3. The summed E-state index contributed by atoms with van der Waals surface area (Å²) in [6.45, 7) is 2.69. The third-order valence-corrected chi connectivity index (χ3v) is 3.38. The highest BCUT2D eigenvalue weighted by atomic mass is 16.4. The van der Waals surface area contributed by atoms with Gasteiger partial charge in [0.25, 0.3) is 0 Å². The summed E-state index contributed by atoms with van der Waals surface area (Å²) in [6.07, 6.45) is 2.14. The van der Waals surface area contributed by atoms with E-state index < -0.39 is 0 Å². The van der Waals surface area contributed by atoms with Crippen molar-refractivity contribution in [3.63, 3.8) is 0 Å². The molecular formula is C13H19N3O. The average Bonchev–Trinajstić information content (AvgIpc) is 2.77. The summed E-state index contributed by atoms with van der Waals surface area (Å²) in [5.74, 6) is 0.344. The smallest absolute Gasteiger partial charge is 0.143 e. The van der Waals surface area contributed by atoms with Gasteiger partial charge in [0.1, 0.15) is 5.84 Å². The van der Waals surface area contributed by atoms with Crippen LogP contribution in [0.5, 0.6) is 0 Å². The third-order valence-electron chi connectivity index (χ3n) is 3.38. The van der Waals surface area contributed by atoms with Gasteiger partial charge in [-0.15, -0.1) is 0 Å². The summed E-state index contributed by atoms with van der Waals surface area (Å²) >= 11 is 0. The van der Waals surface area contributed by atoms with E-state index in [0.29, 0.717) is 6.04 Å². The van der Waals surface area contributed by atoms with E-state index in [1.54, 1.807) is 0 Å². The summed E-state index contributed by atoms with van der Waals surface area (Å²) < 4.78 is 0. The maximum absolute atomic E-state index is 8.57. The van der Waals surface area contributed by atoms with Crippen LogP contribution in [-0.2, 0) is 12.8 Å². The highest BCUT2D eigenvalue weighted by Gasteiger charge is 2.21. The van der Waals surface area contributed by atoms with Crippen LogP contribution >= 0.6 is 0 Å². The first-order valence-corrected chi connectivity index (χ1v) is 5.98. The standard InChI is InChI=1S/C13H19N3O/c1-9(13(14)16-17)8-15-12-6-10-4-2-3-5-11(10)7-12/h2-5,9,12,15,17H,6-8H2,1H3,(H2,14,16). The minimum Gasteiger partial charge on any atom is -0.409 e. The average molecular weight is 233 g/mol. The van der Waals surface area contributed by atoms with Crippen LogP contribution in [0.25, 0.3) is 0 Å². The Morgan fingerprint density at radius 2 is 2.06 bits per heavy atom. The van der Waals surface area contributed by atoms with Crippen molar-refractivity contribution in [3.8, 4) is 0 Å². The molecule has 17 heavy (non-hydrogen) atoms. The molecule has 0 saturated heterocycles. The van der Waals surface area contributed by atoms with Gasteiger partial charge in [0.2, 0.25) is 0 Å². The van der Waals surface area contributed by atoms with Crippen molar-refractivity contribution in [1.82, 2.24) is 5.32 Å². The first kappa shape index (κ1) is 11.9. The van der Waals surface area contributed by atoms with Gasteiger partial charge in [-0.3, -0.25) is 0 Å². The molecule has 4 N–H and O–H groups in total. The van der Waals surface area contributed by atoms with Crippen LogP contribution in [0.2, 0.25) is 0 Å². The number of hydrogen-bond acceptors (Lipinski definition) is 3. The normalized spacial score (nSPS) is 18.1. The van der Waals surface area contributed by atoms with Gasteiger partial charge in [-0.05, 0) is 24.0 Å². The van der Waals surface area contributed by atoms with E-state index >= 15 is 0 Å². The van der Waals surface area contributed by atoms with Crippen LogP contribution in [0, 0.1) is 5.92 Å². The predicted molar refractivity (Wildman–Crippen MR) is 68.2 cm³/mol. The Morgan fingerprint density at radius 1 is 1.47 bits per heavy atom. The van der Waals surface area contributed by atoms with Gasteiger partial charge in [-0.25, -0.2) is 0 Å². The monoisotopic (exact) mass is 233 g/mol. The van der Waals surface area contributed by atoms with E-state index in [1.165, 1.54) is 11.1 Å². The maximum Gasteiger partial charge on any atom is 0.143 e. The van der Waals surface area contributed by atoms with Crippen molar-refractivity contribution in [1.29, 1.82) is 0 Å². The lowest BCUT2D eigenvalue weighted by Gasteiger charge is -2.15. The van der Waals surface area contributed by atoms with Crippen LogP contribution in [-0.4, -0.2) is 23.6 Å². The first-order chi connectivity index (χ1) is 8.20. The van der Waals surface area contributed by atoms with Crippen molar-refractivity contribution >= 4 is 5.84 Å². The summed E-state index contributed by atoms with van der Waals surface area (Å²) in [4.78, 5) is 0. The molecule has 0 spiro atoms. The molecule has 1 atom stereocenters. The largest absolute Gasteiger partial charge is 0.409 e. The molecule has 0 fully saturated rings. The van der Waals surface area contributed by atoms with Gasteiger partial charge in [-0.1, -0.05) is 36.3 Å². The number of nitrogens with zero attached hydrogens (tertiary/aromatic N) is 1. The summed E-state index contributed by atoms with van der Waals surface area (Å²) in [6, 6.07) is 9.01. The van der Waals surface area contributed by atoms with Gasteiger partial charge >= 0.3 is 0 Å². The number of benzene rings is 1. The molecular weight excluding hydrogens is 214 g/mol. The molecule has 0 aromatic heterocycles. The molecule has 1 aromatic rings. The maximum atomic E-state index is 8.57. The zero-order valence-electron chi connectivity index (χ0n) is 10.1. The van der Waals surface area contributed by atoms with E-state index in [9.17, 15) is 0 Å². The molecule has 1 aliphatic carbocycles. The number of amidine groups is 1. The van der Waals surface area contributed by atoms with E-state index in [0.717, 1.165) is 19.4 Å². The Bertz CT molecular complexity index is 392. The number of nitrogens with one attached hydrogen (secondary N) is 1.